The number of fused-ring (bicyclic) bond motifs is 2. The maximum absolute atomic E-state index is 12.9. The molecule has 0 saturated heterocycles. The highest BCUT2D eigenvalue weighted by atomic mass is 35.5. The van der Waals surface area contributed by atoms with Gasteiger partial charge in [-0.1, -0.05) is 30.7 Å². The van der Waals surface area contributed by atoms with Crippen LogP contribution >= 0.6 is 11.6 Å². The summed E-state index contributed by atoms with van der Waals surface area (Å²) in [6.07, 6.45) is 0.606. The highest BCUT2D eigenvalue weighted by molar-refractivity contribution is 6.30. The van der Waals surface area contributed by atoms with Gasteiger partial charge in [0.25, 0.3) is 17.4 Å². The number of halogens is 1. The van der Waals surface area contributed by atoms with Crippen LogP contribution in [0.4, 0.5) is 5.69 Å². The Hall–Kier alpha value is -3.99. The number of aromatic nitrogens is 3. The monoisotopic (exact) mass is 521 g/mol. The topological polar surface area (TPSA) is 151 Å². The predicted molar refractivity (Wildman–Crippen MR) is 139 cm³/mol. The number of aliphatic hydroxyl groups excluding tert-OH is 2. The van der Waals surface area contributed by atoms with Gasteiger partial charge in [-0.15, -0.1) is 0 Å². The van der Waals surface area contributed by atoms with Crippen LogP contribution < -0.4 is 10.9 Å². The molecule has 0 aliphatic carbocycles. The second-order valence-electron chi connectivity index (χ2n) is 9.06. The van der Waals surface area contributed by atoms with Crippen molar-refractivity contribution in [3.8, 4) is 11.4 Å². The standard InChI is InChI=1S/C26H24ClN5O5/c1-13(12-33)11-32-25(36)16-8-19-20(9-17(16)26(32)37)31-23(30-19)22-18(5-6-28-24(22)35)29-10-21(34)14-3-2-4-15(27)7-14/h2-9,13,21,33-34H,10-12H2,1H3,(H,30,31)(H2,28,29,35)/t13?,21-/m1/s1. The number of H-pyrrole nitrogens is 2. The summed E-state index contributed by atoms with van der Waals surface area (Å²) in [5.74, 6) is -0.884. The normalized spacial score (nSPS) is 14.8. The van der Waals surface area contributed by atoms with Crippen LogP contribution in [0.15, 0.2) is 53.5 Å². The minimum atomic E-state index is -0.877. The molecule has 11 heteroatoms. The number of aliphatic hydroxyl groups is 2. The number of carbonyl (C=O) groups excluding carboxylic acids is 2. The average Bonchev–Trinajstić information content (AvgIpc) is 3.39. The summed E-state index contributed by atoms with van der Waals surface area (Å²) >= 11 is 6.02. The molecule has 37 heavy (non-hydrogen) atoms. The molecule has 5 N–H and O–H groups in total. The second kappa shape index (κ2) is 9.81. The van der Waals surface area contributed by atoms with Gasteiger partial charge in [-0.2, -0.15) is 0 Å². The molecule has 2 atom stereocenters. The van der Waals surface area contributed by atoms with Crippen molar-refractivity contribution in [3.05, 3.63) is 80.7 Å². The first-order valence-corrected chi connectivity index (χ1v) is 12.0. The van der Waals surface area contributed by atoms with Crippen LogP contribution in [0.1, 0.15) is 39.3 Å². The summed E-state index contributed by atoms with van der Waals surface area (Å²) in [5, 5.41) is 23.5. The molecular weight excluding hydrogens is 498 g/mol. The summed E-state index contributed by atoms with van der Waals surface area (Å²) < 4.78 is 0. The van der Waals surface area contributed by atoms with E-state index in [-0.39, 0.29) is 48.1 Å². The molecule has 0 bridgehead atoms. The number of nitrogens with zero attached hydrogens (tertiary/aromatic N) is 2. The number of pyridine rings is 1. The van der Waals surface area contributed by atoms with Crippen LogP contribution in [-0.2, 0) is 0 Å². The Kier molecular flexibility index (Phi) is 6.55. The zero-order chi connectivity index (χ0) is 26.3. The molecule has 1 aliphatic heterocycles. The van der Waals surface area contributed by atoms with Crippen molar-refractivity contribution in [2.24, 2.45) is 5.92 Å². The highest BCUT2D eigenvalue weighted by Gasteiger charge is 2.37. The summed E-state index contributed by atoms with van der Waals surface area (Å²) in [6.45, 7) is 1.83. The van der Waals surface area contributed by atoms with Crippen LogP contribution in [0, 0.1) is 5.92 Å². The molecule has 4 aromatic rings. The van der Waals surface area contributed by atoms with E-state index in [0.717, 1.165) is 4.90 Å². The van der Waals surface area contributed by atoms with Gasteiger partial charge >= 0.3 is 0 Å². The number of rotatable bonds is 8. The molecule has 1 aliphatic rings. The van der Waals surface area contributed by atoms with Crippen LogP contribution in [0.25, 0.3) is 22.4 Å². The Morgan fingerprint density at radius 3 is 2.59 bits per heavy atom. The van der Waals surface area contributed by atoms with E-state index in [1.807, 2.05) is 0 Å². The van der Waals surface area contributed by atoms with E-state index in [0.29, 0.717) is 27.3 Å². The van der Waals surface area contributed by atoms with Crippen LogP contribution in [0.5, 0.6) is 0 Å². The molecule has 1 unspecified atom stereocenters. The first-order chi connectivity index (χ1) is 17.8. The first-order valence-electron chi connectivity index (χ1n) is 11.7. The number of nitrogens with one attached hydrogen (secondary N) is 3. The number of amides is 2. The quantitative estimate of drug-likeness (QED) is 0.223. The number of aromatic amines is 2. The van der Waals surface area contributed by atoms with E-state index in [9.17, 15) is 24.6 Å². The largest absolute Gasteiger partial charge is 0.396 e. The Morgan fingerprint density at radius 1 is 1.11 bits per heavy atom. The lowest BCUT2D eigenvalue weighted by molar-refractivity contribution is 0.0614. The Labute approximate surface area is 215 Å². The van der Waals surface area contributed by atoms with Gasteiger partial charge in [-0.3, -0.25) is 19.3 Å². The first kappa shape index (κ1) is 24.7. The maximum Gasteiger partial charge on any atom is 0.261 e. The molecular formula is C26H24ClN5O5. The zero-order valence-corrected chi connectivity index (χ0v) is 20.5. The van der Waals surface area contributed by atoms with Gasteiger partial charge in [0.15, 0.2) is 0 Å². The zero-order valence-electron chi connectivity index (χ0n) is 19.8. The van der Waals surface area contributed by atoms with Gasteiger partial charge in [-0.25, -0.2) is 4.98 Å². The van der Waals surface area contributed by atoms with Crippen molar-refractivity contribution in [3.63, 3.8) is 0 Å². The summed E-state index contributed by atoms with van der Waals surface area (Å²) in [7, 11) is 0. The summed E-state index contributed by atoms with van der Waals surface area (Å²) in [6, 6.07) is 11.6. The Bertz CT molecular complexity index is 1530. The molecule has 2 aromatic carbocycles. The molecule has 10 nitrogen and oxygen atoms in total. The third kappa shape index (κ3) is 4.62. The van der Waals surface area contributed by atoms with E-state index < -0.39 is 23.5 Å². The maximum atomic E-state index is 12.9. The van der Waals surface area contributed by atoms with Crippen LogP contribution in [0.2, 0.25) is 5.02 Å². The smallest absolute Gasteiger partial charge is 0.261 e. The molecule has 3 heterocycles. The second-order valence-corrected chi connectivity index (χ2v) is 9.49. The average molecular weight is 522 g/mol. The lowest BCUT2D eigenvalue weighted by Gasteiger charge is -2.17. The number of anilines is 1. The Morgan fingerprint density at radius 2 is 1.86 bits per heavy atom. The predicted octanol–water partition coefficient (Wildman–Crippen LogP) is 2.94. The van der Waals surface area contributed by atoms with E-state index in [1.54, 1.807) is 43.3 Å². The van der Waals surface area contributed by atoms with Gasteiger partial charge in [0.2, 0.25) is 0 Å². The lowest BCUT2D eigenvalue weighted by atomic mass is 10.1. The number of imidazole rings is 1. The third-order valence-corrected chi connectivity index (χ3v) is 6.53. The fourth-order valence-electron chi connectivity index (χ4n) is 4.35. The van der Waals surface area contributed by atoms with Crippen LogP contribution in [-0.4, -0.2) is 61.6 Å². The van der Waals surface area contributed by atoms with Crippen molar-refractivity contribution >= 4 is 40.1 Å². The van der Waals surface area contributed by atoms with Crippen LogP contribution in [0.3, 0.4) is 0 Å². The fourth-order valence-corrected chi connectivity index (χ4v) is 4.55. The molecule has 0 fully saturated rings. The van der Waals surface area contributed by atoms with Crippen molar-refractivity contribution in [2.45, 2.75) is 13.0 Å². The minimum Gasteiger partial charge on any atom is -0.396 e. The molecule has 0 spiro atoms. The van der Waals surface area contributed by atoms with E-state index in [2.05, 4.69) is 20.3 Å². The van der Waals surface area contributed by atoms with E-state index >= 15 is 0 Å². The van der Waals surface area contributed by atoms with Gasteiger partial charge in [0.05, 0.1) is 34.0 Å². The number of hydrogen-bond acceptors (Lipinski definition) is 7. The van der Waals surface area contributed by atoms with E-state index in [4.69, 9.17) is 11.6 Å². The molecule has 0 radical (unpaired) electrons. The summed E-state index contributed by atoms with van der Waals surface area (Å²) in [4.78, 5) is 49.9. The third-order valence-electron chi connectivity index (χ3n) is 6.30. The number of imide groups is 1. The molecule has 190 valence electrons. The Balaban J connectivity index is 1.45. The van der Waals surface area contributed by atoms with Gasteiger partial charge < -0.3 is 25.5 Å². The lowest BCUT2D eigenvalue weighted by Crippen LogP contribution is -2.34. The van der Waals surface area contributed by atoms with Gasteiger partial charge in [-0.05, 0) is 41.8 Å². The minimum absolute atomic E-state index is 0.108. The van der Waals surface area contributed by atoms with Gasteiger partial charge in [0.1, 0.15) is 11.4 Å². The molecule has 2 aromatic heterocycles. The summed E-state index contributed by atoms with van der Waals surface area (Å²) in [5.41, 5.74) is 2.24. The van der Waals surface area contributed by atoms with Crippen molar-refractivity contribution < 1.29 is 19.8 Å². The highest BCUT2D eigenvalue weighted by Crippen LogP contribution is 2.30. The number of carbonyl (C=O) groups is 2. The van der Waals surface area contributed by atoms with Crippen molar-refractivity contribution in [1.29, 1.82) is 0 Å². The van der Waals surface area contributed by atoms with E-state index in [1.165, 1.54) is 12.3 Å². The van der Waals surface area contributed by atoms with Crippen molar-refractivity contribution in [1.82, 2.24) is 19.9 Å². The molecule has 5 rings (SSSR count). The number of hydrogen-bond donors (Lipinski definition) is 5. The molecule has 2 amide bonds. The number of benzene rings is 2. The fraction of sp³-hybridized carbons (Fsp3) is 0.231. The van der Waals surface area contributed by atoms with Crippen molar-refractivity contribution in [2.75, 3.05) is 25.0 Å². The molecule has 0 saturated carbocycles. The SMILES string of the molecule is CC(CO)CN1C(=O)c2cc3nc(-c4c(NC[C@@H](O)c5cccc(Cl)c5)cc[nH]c4=O)[nH]c3cc2C1=O. The van der Waals surface area contributed by atoms with Gasteiger partial charge in [0, 0.05) is 30.9 Å².